The molecule has 1 aliphatic rings. The molecule has 134 valence electrons. The number of carbonyl (C=O) groups is 1. The lowest BCUT2D eigenvalue weighted by Gasteiger charge is -2.32. The fourth-order valence-corrected chi connectivity index (χ4v) is 3.44. The summed E-state index contributed by atoms with van der Waals surface area (Å²) in [5.74, 6) is 0.713. The van der Waals surface area contributed by atoms with Crippen molar-refractivity contribution < 1.29 is 4.79 Å². The molecule has 0 bridgehead atoms. The van der Waals surface area contributed by atoms with Gasteiger partial charge in [-0.3, -0.25) is 14.2 Å². The lowest BCUT2D eigenvalue weighted by atomic mass is 9.97. The van der Waals surface area contributed by atoms with E-state index in [1.807, 2.05) is 22.6 Å². The molecule has 8 heteroatoms. The van der Waals surface area contributed by atoms with Crippen LogP contribution in [-0.4, -0.2) is 38.6 Å². The van der Waals surface area contributed by atoms with Gasteiger partial charge in [0.15, 0.2) is 5.65 Å². The van der Waals surface area contributed by atoms with Crippen LogP contribution in [0.4, 0.5) is 5.95 Å². The summed E-state index contributed by atoms with van der Waals surface area (Å²) in [6.07, 6.45) is 7.09. The predicted octanol–water partition coefficient (Wildman–Crippen LogP) is 2.31. The number of fused-ring (bicyclic) bond motifs is 1. The number of pyridine rings is 2. The molecule has 0 radical (unpaired) electrons. The Morgan fingerprint density at radius 1 is 1.31 bits per heavy atom. The van der Waals surface area contributed by atoms with Crippen molar-refractivity contribution in [2.75, 3.05) is 18.0 Å². The van der Waals surface area contributed by atoms with E-state index in [-0.39, 0.29) is 11.8 Å². The van der Waals surface area contributed by atoms with Gasteiger partial charge in [0.2, 0.25) is 11.9 Å². The van der Waals surface area contributed by atoms with Gasteiger partial charge < -0.3 is 10.2 Å². The topological polar surface area (TPSA) is 75.4 Å². The Labute approximate surface area is 156 Å². The molecular weight excluding hydrogens is 352 g/mol. The molecule has 4 heterocycles. The van der Waals surface area contributed by atoms with Crippen LogP contribution in [0.1, 0.15) is 18.4 Å². The minimum atomic E-state index is -0.0769. The Balaban J connectivity index is 1.45. The van der Waals surface area contributed by atoms with E-state index >= 15 is 0 Å². The van der Waals surface area contributed by atoms with Crippen molar-refractivity contribution in [3.63, 3.8) is 0 Å². The number of carbonyl (C=O) groups excluding carboxylic acids is 1. The summed E-state index contributed by atoms with van der Waals surface area (Å²) in [6.45, 7) is 1.96. The first-order valence-corrected chi connectivity index (χ1v) is 9.00. The van der Waals surface area contributed by atoms with Crippen LogP contribution in [-0.2, 0) is 11.3 Å². The zero-order chi connectivity index (χ0) is 17.9. The summed E-state index contributed by atoms with van der Waals surface area (Å²) in [6, 6.07) is 7.44. The predicted molar refractivity (Wildman–Crippen MR) is 99.0 cm³/mol. The number of halogens is 1. The fourth-order valence-electron chi connectivity index (χ4n) is 3.28. The smallest absolute Gasteiger partial charge is 0.231 e. The van der Waals surface area contributed by atoms with Crippen LogP contribution in [0.3, 0.4) is 0 Å². The minimum absolute atomic E-state index is 0.0606. The molecule has 1 atom stereocenters. The van der Waals surface area contributed by atoms with E-state index in [1.165, 1.54) is 0 Å². The van der Waals surface area contributed by atoms with Crippen molar-refractivity contribution in [3.05, 3.63) is 53.4 Å². The highest BCUT2D eigenvalue weighted by Crippen LogP contribution is 2.23. The molecule has 0 aromatic carbocycles. The lowest BCUT2D eigenvalue weighted by Crippen LogP contribution is -2.43. The zero-order valence-corrected chi connectivity index (χ0v) is 14.9. The Hall–Kier alpha value is -2.67. The van der Waals surface area contributed by atoms with Gasteiger partial charge in [-0.1, -0.05) is 17.7 Å². The average molecular weight is 371 g/mol. The fraction of sp³-hybridized carbons (Fsp3) is 0.333. The SMILES string of the molecule is O=C(NCc1cccnc1)[C@@H]1CCCN(c2nnc3ccc(Cl)cn23)C1. The van der Waals surface area contributed by atoms with Crippen LogP contribution >= 0.6 is 11.6 Å². The van der Waals surface area contributed by atoms with Crippen molar-refractivity contribution >= 4 is 29.1 Å². The molecule has 3 aromatic rings. The van der Waals surface area contributed by atoms with Gasteiger partial charge in [0.1, 0.15) is 0 Å². The Morgan fingerprint density at radius 2 is 2.23 bits per heavy atom. The largest absolute Gasteiger partial charge is 0.352 e. The molecule has 3 aromatic heterocycles. The number of piperidine rings is 1. The Bertz CT molecular complexity index is 912. The van der Waals surface area contributed by atoms with Gasteiger partial charge in [0, 0.05) is 38.2 Å². The summed E-state index contributed by atoms with van der Waals surface area (Å²) < 4.78 is 1.87. The second-order valence-corrected chi connectivity index (χ2v) is 6.88. The van der Waals surface area contributed by atoms with Gasteiger partial charge in [-0.05, 0) is 36.6 Å². The monoisotopic (exact) mass is 370 g/mol. The highest BCUT2D eigenvalue weighted by Gasteiger charge is 2.28. The third kappa shape index (κ3) is 3.48. The van der Waals surface area contributed by atoms with Gasteiger partial charge >= 0.3 is 0 Å². The summed E-state index contributed by atoms with van der Waals surface area (Å²) >= 11 is 6.10. The van der Waals surface area contributed by atoms with Crippen LogP contribution in [0.15, 0.2) is 42.9 Å². The molecule has 1 saturated heterocycles. The molecule has 1 amide bonds. The molecule has 7 nitrogen and oxygen atoms in total. The highest BCUT2D eigenvalue weighted by molar-refractivity contribution is 6.30. The van der Waals surface area contributed by atoms with Crippen molar-refractivity contribution in [1.82, 2.24) is 24.9 Å². The maximum Gasteiger partial charge on any atom is 0.231 e. The summed E-state index contributed by atoms with van der Waals surface area (Å²) in [5.41, 5.74) is 1.74. The van der Waals surface area contributed by atoms with Gasteiger partial charge in [-0.15, -0.1) is 10.2 Å². The number of anilines is 1. The van der Waals surface area contributed by atoms with E-state index in [0.717, 1.165) is 36.5 Å². The van der Waals surface area contributed by atoms with Crippen LogP contribution in [0.5, 0.6) is 0 Å². The standard InChI is InChI=1S/C18H19ClN6O/c19-15-5-6-16-22-23-18(25(16)12-15)24-8-2-4-14(11-24)17(26)21-10-13-3-1-7-20-9-13/h1,3,5-7,9,12,14H,2,4,8,10-11H2,(H,21,26)/t14-/m1/s1. The normalized spacial score (nSPS) is 17.4. The zero-order valence-electron chi connectivity index (χ0n) is 14.2. The number of hydrogen-bond donors (Lipinski definition) is 1. The van der Waals surface area contributed by atoms with E-state index < -0.39 is 0 Å². The first-order chi connectivity index (χ1) is 12.7. The lowest BCUT2D eigenvalue weighted by molar-refractivity contribution is -0.125. The number of nitrogens with zero attached hydrogens (tertiary/aromatic N) is 5. The molecule has 0 saturated carbocycles. The Morgan fingerprint density at radius 3 is 3.08 bits per heavy atom. The van der Waals surface area contributed by atoms with Crippen molar-refractivity contribution in [1.29, 1.82) is 0 Å². The highest BCUT2D eigenvalue weighted by atomic mass is 35.5. The van der Waals surface area contributed by atoms with Crippen LogP contribution in [0.2, 0.25) is 5.02 Å². The second-order valence-electron chi connectivity index (χ2n) is 6.44. The number of aromatic nitrogens is 4. The van der Waals surface area contributed by atoms with Gasteiger partial charge in [0.05, 0.1) is 10.9 Å². The van der Waals surface area contributed by atoms with Gasteiger partial charge in [-0.2, -0.15) is 0 Å². The van der Waals surface area contributed by atoms with Crippen LogP contribution in [0.25, 0.3) is 5.65 Å². The molecule has 1 fully saturated rings. The average Bonchev–Trinajstić information content (AvgIpc) is 3.10. The third-order valence-corrected chi connectivity index (χ3v) is 4.84. The number of amides is 1. The first-order valence-electron chi connectivity index (χ1n) is 8.62. The number of rotatable bonds is 4. The summed E-state index contributed by atoms with van der Waals surface area (Å²) in [4.78, 5) is 18.8. The molecule has 0 aliphatic carbocycles. The minimum Gasteiger partial charge on any atom is -0.352 e. The maximum absolute atomic E-state index is 12.6. The van der Waals surface area contributed by atoms with Crippen molar-refractivity contribution in [3.8, 4) is 0 Å². The van der Waals surface area contributed by atoms with Crippen molar-refractivity contribution in [2.45, 2.75) is 19.4 Å². The number of hydrogen-bond acceptors (Lipinski definition) is 5. The summed E-state index contributed by atoms with van der Waals surface area (Å²) in [7, 11) is 0. The number of nitrogens with one attached hydrogen (secondary N) is 1. The first kappa shape index (κ1) is 16.8. The van der Waals surface area contributed by atoms with E-state index in [0.29, 0.717) is 18.1 Å². The van der Waals surface area contributed by atoms with Gasteiger partial charge in [-0.25, -0.2) is 0 Å². The molecule has 0 unspecified atom stereocenters. The molecule has 1 N–H and O–H groups in total. The van der Waals surface area contributed by atoms with E-state index in [4.69, 9.17) is 11.6 Å². The quantitative estimate of drug-likeness (QED) is 0.762. The van der Waals surface area contributed by atoms with Gasteiger partial charge in [0.25, 0.3) is 0 Å². The van der Waals surface area contributed by atoms with Crippen LogP contribution < -0.4 is 10.2 Å². The maximum atomic E-state index is 12.6. The molecule has 26 heavy (non-hydrogen) atoms. The van der Waals surface area contributed by atoms with Crippen molar-refractivity contribution in [2.24, 2.45) is 5.92 Å². The third-order valence-electron chi connectivity index (χ3n) is 4.61. The van der Waals surface area contributed by atoms with E-state index in [1.54, 1.807) is 24.7 Å². The summed E-state index contributed by atoms with van der Waals surface area (Å²) in [5, 5.41) is 12.1. The second kappa shape index (κ2) is 7.29. The Kier molecular flexibility index (Phi) is 4.71. The van der Waals surface area contributed by atoms with E-state index in [9.17, 15) is 4.79 Å². The molecule has 1 aliphatic heterocycles. The molecule has 0 spiro atoms. The van der Waals surface area contributed by atoms with Crippen LogP contribution in [0, 0.1) is 5.92 Å². The molecular formula is C18H19ClN6O. The van der Waals surface area contributed by atoms with E-state index in [2.05, 4.69) is 25.4 Å². The molecule has 4 rings (SSSR count).